The molecule has 1 aromatic heterocycles. The maximum Gasteiger partial charge on any atom is 0.330 e. The van der Waals surface area contributed by atoms with E-state index >= 15 is 0 Å². The second kappa shape index (κ2) is 5.75. The first-order valence-electron chi connectivity index (χ1n) is 6.22. The van der Waals surface area contributed by atoms with Crippen LogP contribution in [0, 0.1) is 0 Å². The van der Waals surface area contributed by atoms with Crippen LogP contribution in [0.15, 0.2) is 40.1 Å². The van der Waals surface area contributed by atoms with Gasteiger partial charge in [-0.15, -0.1) is 0 Å². The van der Waals surface area contributed by atoms with Crippen LogP contribution in [0.1, 0.15) is 11.1 Å². The van der Waals surface area contributed by atoms with Crippen LogP contribution in [0.5, 0.6) is 0 Å². The minimum absolute atomic E-state index is 0.00161. The highest BCUT2D eigenvalue weighted by Crippen LogP contribution is 2.10. The van der Waals surface area contributed by atoms with E-state index in [1.165, 1.54) is 11.6 Å². The number of aromatic nitrogens is 2. The quantitative estimate of drug-likeness (QED) is 0.835. The largest absolute Gasteiger partial charge is 0.392 e. The minimum Gasteiger partial charge on any atom is -0.392 e. The number of aryl methyl sites for hydroxylation is 1. The molecule has 0 fully saturated rings. The zero-order valence-corrected chi connectivity index (χ0v) is 11.5. The topological polar surface area (TPSA) is 76.3 Å². The standard InChI is InChI=1S/C14H17N3O3/c1-16-8-11(13(19)17(2)14(16)20)7-15-12-5-3-10(9-18)4-6-12/h3-6,8,15,18H,7,9H2,1-2H3. The first-order valence-corrected chi connectivity index (χ1v) is 6.22. The van der Waals surface area contributed by atoms with E-state index in [-0.39, 0.29) is 17.9 Å². The van der Waals surface area contributed by atoms with Crippen molar-refractivity contribution in [2.75, 3.05) is 5.32 Å². The molecule has 0 aliphatic heterocycles. The van der Waals surface area contributed by atoms with Gasteiger partial charge in [0.2, 0.25) is 0 Å². The summed E-state index contributed by atoms with van der Waals surface area (Å²) in [6.45, 7) is 0.334. The van der Waals surface area contributed by atoms with Gasteiger partial charge in [-0.1, -0.05) is 12.1 Å². The van der Waals surface area contributed by atoms with Gasteiger partial charge >= 0.3 is 5.69 Å². The van der Waals surface area contributed by atoms with Crippen LogP contribution in [0.4, 0.5) is 5.69 Å². The lowest BCUT2D eigenvalue weighted by Crippen LogP contribution is -2.38. The number of hydrogen-bond donors (Lipinski definition) is 2. The van der Waals surface area contributed by atoms with Crippen LogP contribution in [0.2, 0.25) is 0 Å². The van der Waals surface area contributed by atoms with Crippen molar-refractivity contribution in [1.82, 2.24) is 9.13 Å². The van der Waals surface area contributed by atoms with Gasteiger partial charge in [-0.25, -0.2) is 4.79 Å². The predicted molar refractivity (Wildman–Crippen MR) is 76.6 cm³/mol. The Morgan fingerprint density at radius 2 is 1.80 bits per heavy atom. The van der Waals surface area contributed by atoms with Crippen LogP contribution in [-0.2, 0) is 27.2 Å². The smallest absolute Gasteiger partial charge is 0.330 e. The second-order valence-corrected chi connectivity index (χ2v) is 4.62. The molecule has 2 rings (SSSR count). The molecule has 2 aromatic rings. The number of nitrogens with one attached hydrogen (secondary N) is 1. The van der Waals surface area contributed by atoms with Crippen molar-refractivity contribution in [1.29, 1.82) is 0 Å². The highest BCUT2D eigenvalue weighted by molar-refractivity contribution is 5.44. The summed E-state index contributed by atoms with van der Waals surface area (Å²) in [6.07, 6.45) is 1.54. The molecule has 1 heterocycles. The summed E-state index contributed by atoms with van der Waals surface area (Å²) in [5.41, 5.74) is 1.55. The molecule has 0 atom stereocenters. The monoisotopic (exact) mass is 275 g/mol. The van der Waals surface area contributed by atoms with Gasteiger partial charge in [0.1, 0.15) is 0 Å². The zero-order valence-electron chi connectivity index (χ0n) is 11.5. The average Bonchev–Trinajstić information content (AvgIpc) is 2.48. The molecule has 0 saturated heterocycles. The molecule has 6 heteroatoms. The number of aliphatic hydroxyl groups excluding tert-OH is 1. The van der Waals surface area contributed by atoms with E-state index in [4.69, 9.17) is 5.11 Å². The molecule has 2 N–H and O–H groups in total. The van der Waals surface area contributed by atoms with Crippen molar-refractivity contribution in [3.63, 3.8) is 0 Å². The molecule has 20 heavy (non-hydrogen) atoms. The van der Waals surface area contributed by atoms with Crippen LogP contribution in [0.3, 0.4) is 0 Å². The van der Waals surface area contributed by atoms with Crippen molar-refractivity contribution in [2.24, 2.45) is 14.1 Å². The summed E-state index contributed by atoms with van der Waals surface area (Å²) < 4.78 is 2.47. The van der Waals surface area contributed by atoms with Crippen molar-refractivity contribution in [3.8, 4) is 0 Å². The van der Waals surface area contributed by atoms with E-state index < -0.39 is 0 Å². The molecule has 106 valence electrons. The van der Waals surface area contributed by atoms with E-state index in [2.05, 4.69) is 5.32 Å². The highest BCUT2D eigenvalue weighted by atomic mass is 16.3. The van der Waals surface area contributed by atoms with Gasteiger partial charge in [0.05, 0.1) is 12.2 Å². The number of hydrogen-bond acceptors (Lipinski definition) is 4. The maximum atomic E-state index is 11.9. The summed E-state index contributed by atoms with van der Waals surface area (Å²) in [5.74, 6) is 0. The summed E-state index contributed by atoms with van der Waals surface area (Å²) in [5, 5.41) is 12.1. The van der Waals surface area contributed by atoms with Gasteiger partial charge in [0.15, 0.2) is 0 Å². The van der Waals surface area contributed by atoms with Crippen LogP contribution >= 0.6 is 0 Å². The number of anilines is 1. The Balaban J connectivity index is 2.18. The number of aliphatic hydroxyl groups is 1. The molecule has 0 aliphatic carbocycles. The van der Waals surface area contributed by atoms with E-state index in [9.17, 15) is 9.59 Å². The normalized spacial score (nSPS) is 10.6. The van der Waals surface area contributed by atoms with Gasteiger partial charge < -0.3 is 15.0 Å². The predicted octanol–water partition coefficient (Wildman–Crippen LogP) is 0.188. The van der Waals surface area contributed by atoms with Gasteiger partial charge in [0, 0.05) is 32.5 Å². The fourth-order valence-corrected chi connectivity index (χ4v) is 1.93. The van der Waals surface area contributed by atoms with Crippen molar-refractivity contribution in [3.05, 3.63) is 62.4 Å². The summed E-state index contributed by atoms with van der Waals surface area (Å²) in [6, 6.07) is 7.28. The lowest BCUT2D eigenvalue weighted by atomic mass is 10.2. The SMILES string of the molecule is Cn1cc(CNc2ccc(CO)cc2)c(=O)n(C)c1=O. The maximum absolute atomic E-state index is 11.9. The van der Waals surface area contributed by atoms with E-state index in [1.54, 1.807) is 25.4 Å². The Morgan fingerprint density at radius 3 is 2.40 bits per heavy atom. The summed E-state index contributed by atoms with van der Waals surface area (Å²) in [7, 11) is 3.07. The van der Waals surface area contributed by atoms with Gasteiger partial charge in [-0.2, -0.15) is 0 Å². The molecule has 1 aromatic carbocycles. The average molecular weight is 275 g/mol. The van der Waals surface area contributed by atoms with Crippen molar-refractivity contribution in [2.45, 2.75) is 13.2 Å². The highest BCUT2D eigenvalue weighted by Gasteiger charge is 2.06. The van der Waals surface area contributed by atoms with E-state index in [1.807, 2.05) is 12.1 Å². The Kier molecular flexibility index (Phi) is 4.05. The summed E-state index contributed by atoms with van der Waals surface area (Å²) >= 11 is 0. The molecule has 0 spiro atoms. The number of nitrogens with zero attached hydrogens (tertiary/aromatic N) is 2. The third-order valence-corrected chi connectivity index (χ3v) is 3.14. The van der Waals surface area contributed by atoms with Crippen molar-refractivity contribution >= 4 is 5.69 Å². The van der Waals surface area contributed by atoms with Gasteiger partial charge in [0.25, 0.3) is 5.56 Å². The molecular weight excluding hydrogens is 258 g/mol. The third kappa shape index (κ3) is 2.80. The molecule has 0 unspecified atom stereocenters. The Hall–Kier alpha value is -2.34. The Morgan fingerprint density at radius 1 is 1.15 bits per heavy atom. The zero-order chi connectivity index (χ0) is 14.7. The lowest BCUT2D eigenvalue weighted by molar-refractivity contribution is 0.282. The number of benzene rings is 1. The molecule has 0 aliphatic rings. The molecule has 0 amide bonds. The summed E-state index contributed by atoms with van der Waals surface area (Å²) in [4.78, 5) is 23.5. The first-order chi connectivity index (χ1) is 9.52. The van der Waals surface area contributed by atoms with Gasteiger partial charge in [-0.3, -0.25) is 9.36 Å². The Labute approximate surface area is 115 Å². The van der Waals surface area contributed by atoms with Gasteiger partial charge in [-0.05, 0) is 17.7 Å². The van der Waals surface area contributed by atoms with E-state index in [0.29, 0.717) is 12.1 Å². The van der Waals surface area contributed by atoms with Crippen LogP contribution in [-0.4, -0.2) is 14.2 Å². The third-order valence-electron chi connectivity index (χ3n) is 3.14. The van der Waals surface area contributed by atoms with E-state index in [0.717, 1.165) is 15.8 Å². The molecule has 0 radical (unpaired) electrons. The second-order valence-electron chi connectivity index (χ2n) is 4.62. The van der Waals surface area contributed by atoms with Crippen LogP contribution < -0.4 is 16.6 Å². The molecular formula is C14H17N3O3. The fourth-order valence-electron chi connectivity index (χ4n) is 1.93. The molecule has 6 nitrogen and oxygen atoms in total. The fraction of sp³-hybridized carbons (Fsp3) is 0.286. The Bertz CT molecular complexity index is 714. The molecule has 0 bridgehead atoms. The number of rotatable bonds is 4. The first kappa shape index (κ1) is 14.1. The van der Waals surface area contributed by atoms with Crippen molar-refractivity contribution < 1.29 is 5.11 Å². The lowest BCUT2D eigenvalue weighted by Gasteiger charge is -2.09. The molecule has 0 saturated carbocycles. The van der Waals surface area contributed by atoms with Crippen LogP contribution in [0.25, 0.3) is 0 Å². The minimum atomic E-state index is -0.342.